The first-order valence-electron chi connectivity index (χ1n) is 19.1. The van der Waals surface area contributed by atoms with Crippen LogP contribution in [0.1, 0.15) is 71.4 Å². The highest BCUT2D eigenvalue weighted by Gasteiger charge is 2.50. The van der Waals surface area contributed by atoms with Gasteiger partial charge in [0, 0.05) is 19.5 Å². The molecule has 2 aromatic rings. The van der Waals surface area contributed by atoms with E-state index in [1.807, 2.05) is 93.3 Å². The molecular formula is C41H59N5O7. The Hall–Kier alpha value is -4.13. The molecular weight excluding hydrogens is 674 g/mol. The van der Waals surface area contributed by atoms with Gasteiger partial charge in [0.15, 0.2) is 5.78 Å². The average molecular weight is 734 g/mol. The van der Waals surface area contributed by atoms with Gasteiger partial charge in [-0.25, -0.2) is 0 Å². The molecule has 0 bridgehead atoms. The first-order valence-corrected chi connectivity index (χ1v) is 19.1. The zero-order valence-corrected chi connectivity index (χ0v) is 32.0. The number of amides is 4. The summed E-state index contributed by atoms with van der Waals surface area (Å²) in [4.78, 5) is 70.6. The fourth-order valence-electron chi connectivity index (χ4n) is 6.53. The normalized spacial score (nSPS) is 19.5. The SMILES string of the molecule is CC(C)C[C@H](NC(=O)[C@@H](CCCc1ccccc1)NC(=O)CN1CCOCC1)C(=O)N[C@H](Cc1ccccc1)C(=O)N[C@H](CC(C)C)C(=O)[C@@]1(C)CO1. The number of hydrogen-bond donors (Lipinski definition) is 4. The number of carbonyl (C=O) groups excluding carboxylic acids is 5. The number of rotatable bonds is 21. The van der Waals surface area contributed by atoms with Gasteiger partial charge in [-0.3, -0.25) is 28.9 Å². The first-order chi connectivity index (χ1) is 25.3. The maximum atomic E-state index is 14.1. The second-order valence-corrected chi connectivity index (χ2v) is 15.4. The van der Waals surface area contributed by atoms with Gasteiger partial charge in [0.25, 0.3) is 0 Å². The van der Waals surface area contributed by atoms with E-state index in [9.17, 15) is 24.0 Å². The lowest BCUT2D eigenvalue weighted by Gasteiger charge is -2.29. The molecule has 0 unspecified atom stereocenters. The van der Waals surface area contributed by atoms with Crippen molar-refractivity contribution in [1.29, 1.82) is 0 Å². The van der Waals surface area contributed by atoms with Gasteiger partial charge in [-0.2, -0.15) is 0 Å². The van der Waals surface area contributed by atoms with Gasteiger partial charge in [-0.05, 0) is 62.0 Å². The van der Waals surface area contributed by atoms with Gasteiger partial charge < -0.3 is 30.7 Å². The Morgan fingerprint density at radius 3 is 1.79 bits per heavy atom. The molecule has 12 nitrogen and oxygen atoms in total. The number of epoxide rings is 1. The smallest absolute Gasteiger partial charge is 0.243 e. The minimum atomic E-state index is -1.03. The van der Waals surface area contributed by atoms with Crippen molar-refractivity contribution in [2.24, 2.45) is 11.8 Å². The van der Waals surface area contributed by atoms with E-state index in [1.165, 1.54) is 0 Å². The van der Waals surface area contributed by atoms with E-state index in [1.54, 1.807) is 6.92 Å². The van der Waals surface area contributed by atoms with E-state index in [0.29, 0.717) is 58.6 Å². The summed E-state index contributed by atoms with van der Waals surface area (Å²) in [6, 6.07) is 15.6. The van der Waals surface area contributed by atoms with Crippen LogP contribution in [0.3, 0.4) is 0 Å². The molecule has 2 saturated heterocycles. The van der Waals surface area contributed by atoms with Crippen molar-refractivity contribution in [1.82, 2.24) is 26.2 Å². The second-order valence-electron chi connectivity index (χ2n) is 15.4. The number of nitrogens with zero attached hydrogens (tertiary/aromatic N) is 1. The van der Waals surface area contributed by atoms with Crippen LogP contribution in [0.15, 0.2) is 60.7 Å². The second kappa shape index (κ2) is 20.4. The van der Waals surface area contributed by atoms with E-state index in [4.69, 9.17) is 9.47 Å². The Bertz CT molecular complexity index is 1490. The molecule has 4 N–H and O–H groups in total. The fraction of sp³-hybridized carbons (Fsp3) is 0.585. The van der Waals surface area contributed by atoms with Gasteiger partial charge in [0.2, 0.25) is 23.6 Å². The minimum Gasteiger partial charge on any atom is -0.379 e. The molecule has 4 rings (SSSR count). The lowest BCUT2D eigenvalue weighted by Crippen LogP contribution is -2.59. The zero-order chi connectivity index (χ0) is 38.4. The predicted octanol–water partition coefficient (Wildman–Crippen LogP) is 2.97. The molecule has 2 aliphatic rings. The van der Waals surface area contributed by atoms with E-state index < -0.39 is 47.5 Å². The Balaban J connectivity index is 1.50. The van der Waals surface area contributed by atoms with Gasteiger partial charge in [0.05, 0.1) is 32.4 Å². The van der Waals surface area contributed by atoms with Gasteiger partial charge in [0.1, 0.15) is 23.7 Å². The predicted molar refractivity (Wildman–Crippen MR) is 203 cm³/mol. The van der Waals surface area contributed by atoms with E-state index in [2.05, 4.69) is 21.3 Å². The number of aryl methyl sites for hydroxylation is 1. The maximum Gasteiger partial charge on any atom is 0.243 e. The van der Waals surface area contributed by atoms with Crippen LogP contribution in [0.25, 0.3) is 0 Å². The van der Waals surface area contributed by atoms with Crippen LogP contribution in [0, 0.1) is 11.8 Å². The molecule has 0 spiro atoms. The van der Waals surface area contributed by atoms with Crippen LogP contribution in [0.2, 0.25) is 0 Å². The van der Waals surface area contributed by atoms with Crippen molar-refractivity contribution in [3.05, 3.63) is 71.8 Å². The molecule has 0 aromatic heterocycles. The largest absolute Gasteiger partial charge is 0.379 e. The molecule has 290 valence electrons. The van der Waals surface area contributed by atoms with Crippen LogP contribution in [-0.2, 0) is 46.3 Å². The number of ketones is 1. The number of carbonyl (C=O) groups is 5. The summed E-state index contributed by atoms with van der Waals surface area (Å²) >= 11 is 0. The van der Waals surface area contributed by atoms with Crippen LogP contribution in [0.5, 0.6) is 0 Å². The van der Waals surface area contributed by atoms with Crippen LogP contribution >= 0.6 is 0 Å². The van der Waals surface area contributed by atoms with Crippen molar-refractivity contribution < 1.29 is 33.4 Å². The third-order valence-corrected chi connectivity index (χ3v) is 9.62. The Morgan fingerprint density at radius 1 is 0.698 bits per heavy atom. The topological polar surface area (TPSA) is 158 Å². The maximum absolute atomic E-state index is 14.1. The number of Topliss-reactive ketones (excluding diaryl/α,β-unsaturated/α-hetero) is 1. The third kappa shape index (κ3) is 14.0. The van der Waals surface area contributed by atoms with Gasteiger partial charge in [-0.1, -0.05) is 88.4 Å². The third-order valence-electron chi connectivity index (χ3n) is 9.62. The molecule has 0 saturated carbocycles. The Labute approximate surface area is 314 Å². The number of hydrogen-bond acceptors (Lipinski definition) is 8. The molecule has 53 heavy (non-hydrogen) atoms. The summed E-state index contributed by atoms with van der Waals surface area (Å²) in [5.41, 5.74) is 1.03. The van der Waals surface area contributed by atoms with Crippen LogP contribution < -0.4 is 21.3 Å². The minimum absolute atomic E-state index is 0.0206. The summed E-state index contributed by atoms with van der Waals surface area (Å²) in [5, 5.41) is 11.7. The summed E-state index contributed by atoms with van der Waals surface area (Å²) in [5.74, 6) is -1.79. The molecule has 2 fully saturated rings. The summed E-state index contributed by atoms with van der Waals surface area (Å²) in [6.07, 6.45) is 2.64. The lowest BCUT2D eigenvalue weighted by atomic mass is 9.93. The highest BCUT2D eigenvalue weighted by molar-refractivity contribution is 5.98. The van der Waals surface area contributed by atoms with E-state index in [0.717, 1.165) is 17.5 Å². The molecule has 4 amide bonds. The monoisotopic (exact) mass is 733 g/mol. The molecule has 0 aliphatic carbocycles. The molecule has 0 radical (unpaired) electrons. The molecule has 12 heteroatoms. The number of benzene rings is 2. The van der Waals surface area contributed by atoms with Crippen LogP contribution in [-0.4, -0.2) is 104 Å². The van der Waals surface area contributed by atoms with E-state index >= 15 is 0 Å². The van der Waals surface area contributed by atoms with E-state index in [-0.39, 0.29) is 36.5 Å². The highest BCUT2D eigenvalue weighted by atomic mass is 16.6. The van der Waals surface area contributed by atoms with Crippen molar-refractivity contribution >= 4 is 29.4 Å². The van der Waals surface area contributed by atoms with Gasteiger partial charge in [-0.15, -0.1) is 0 Å². The lowest BCUT2D eigenvalue weighted by molar-refractivity contribution is -0.135. The molecule has 2 aliphatic heterocycles. The van der Waals surface area contributed by atoms with Crippen LogP contribution in [0.4, 0.5) is 0 Å². The standard InChI is InChI=1S/C41H59N5O7/c1-28(2)23-33(37(48)41(5)27-53-41)43-40(51)35(25-31-15-10-7-11-16-31)45-39(50)34(24-29(3)4)44-38(49)32(18-12-17-30-13-8-6-9-14-30)42-36(47)26-46-19-21-52-22-20-46/h6-11,13-16,28-29,32-35H,12,17-27H2,1-5H3,(H,42,47)(H,43,51)(H,44,49)(H,45,50)/t32-,33-,34+,35-,41-/m1/s1. The van der Waals surface area contributed by atoms with Crippen molar-refractivity contribution in [3.63, 3.8) is 0 Å². The zero-order valence-electron chi connectivity index (χ0n) is 32.0. The number of morpholine rings is 1. The molecule has 2 aromatic carbocycles. The summed E-state index contributed by atoms with van der Waals surface area (Å²) in [7, 11) is 0. The van der Waals surface area contributed by atoms with Gasteiger partial charge >= 0.3 is 0 Å². The number of nitrogens with one attached hydrogen (secondary N) is 4. The first kappa shape index (κ1) is 41.6. The quantitative estimate of drug-likeness (QED) is 0.143. The fourth-order valence-corrected chi connectivity index (χ4v) is 6.53. The summed E-state index contributed by atoms with van der Waals surface area (Å²) < 4.78 is 10.8. The Kier molecular flexibility index (Phi) is 16.0. The number of ether oxygens (including phenoxy) is 2. The average Bonchev–Trinajstić information content (AvgIpc) is 3.88. The summed E-state index contributed by atoms with van der Waals surface area (Å²) in [6.45, 7) is 12.4. The molecule has 5 atom stereocenters. The van der Waals surface area contributed by atoms with Crippen molar-refractivity contribution in [2.75, 3.05) is 39.5 Å². The Morgan fingerprint density at radius 2 is 1.21 bits per heavy atom. The van der Waals surface area contributed by atoms with Crippen molar-refractivity contribution in [3.8, 4) is 0 Å². The highest BCUT2D eigenvalue weighted by Crippen LogP contribution is 2.29. The van der Waals surface area contributed by atoms with Crippen molar-refractivity contribution in [2.45, 2.75) is 103 Å². The molecule has 2 heterocycles.